The van der Waals surface area contributed by atoms with Gasteiger partial charge in [0.25, 0.3) is 0 Å². The van der Waals surface area contributed by atoms with E-state index in [0.717, 1.165) is 6.42 Å². The van der Waals surface area contributed by atoms with Crippen molar-refractivity contribution in [1.29, 1.82) is 0 Å². The standard InChI is InChI=1S/C23H26O4/c1-5-13-27-22-15-21(26)19(23(3,4)6-2)14-17(22)9-12-20(25)16-7-10-18(24)11-8-16/h6-12,14-15,24,26H,2,5,13H2,1,3-4H3. The largest absolute Gasteiger partial charge is 0.508 e. The lowest BCUT2D eigenvalue weighted by Gasteiger charge is -2.23. The zero-order valence-electron chi connectivity index (χ0n) is 16.0. The van der Waals surface area contributed by atoms with E-state index in [-0.39, 0.29) is 17.3 Å². The molecule has 0 aliphatic heterocycles. The molecule has 0 saturated carbocycles. The summed E-state index contributed by atoms with van der Waals surface area (Å²) >= 11 is 0. The lowest BCUT2D eigenvalue weighted by molar-refractivity contribution is 0.104. The Hall–Kier alpha value is -3.01. The highest BCUT2D eigenvalue weighted by atomic mass is 16.5. The second-order valence-electron chi connectivity index (χ2n) is 6.93. The smallest absolute Gasteiger partial charge is 0.185 e. The van der Waals surface area contributed by atoms with Gasteiger partial charge < -0.3 is 14.9 Å². The average molecular weight is 366 g/mol. The predicted molar refractivity (Wildman–Crippen MR) is 109 cm³/mol. The first-order valence-electron chi connectivity index (χ1n) is 8.93. The van der Waals surface area contributed by atoms with Crippen LogP contribution in [-0.4, -0.2) is 22.6 Å². The Balaban J connectivity index is 2.42. The predicted octanol–water partition coefficient (Wildman–Crippen LogP) is 5.25. The second-order valence-corrected chi connectivity index (χ2v) is 6.93. The average Bonchev–Trinajstić information content (AvgIpc) is 2.65. The van der Waals surface area contributed by atoms with E-state index < -0.39 is 5.41 Å². The number of ether oxygens (including phenoxy) is 1. The molecule has 0 bridgehead atoms. The molecule has 0 atom stereocenters. The summed E-state index contributed by atoms with van der Waals surface area (Å²) in [7, 11) is 0. The van der Waals surface area contributed by atoms with Gasteiger partial charge in [0.15, 0.2) is 5.78 Å². The van der Waals surface area contributed by atoms with Crippen molar-refractivity contribution in [2.24, 2.45) is 0 Å². The Kier molecular flexibility index (Phi) is 6.45. The van der Waals surface area contributed by atoms with E-state index in [1.54, 1.807) is 30.4 Å². The Morgan fingerprint density at radius 1 is 1.19 bits per heavy atom. The van der Waals surface area contributed by atoms with E-state index in [0.29, 0.717) is 29.0 Å². The van der Waals surface area contributed by atoms with Gasteiger partial charge in [0.05, 0.1) is 6.61 Å². The van der Waals surface area contributed by atoms with Gasteiger partial charge in [-0.05, 0) is 48.9 Å². The number of aromatic hydroxyl groups is 2. The van der Waals surface area contributed by atoms with Crippen LogP contribution in [0.2, 0.25) is 0 Å². The van der Waals surface area contributed by atoms with E-state index in [2.05, 4.69) is 6.58 Å². The minimum Gasteiger partial charge on any atom is -0.508 e. The van der Waals surface area contributed by atoms with E-state index >= 15 is 0 Å². The van der Waals surface area contributed by atoms with Gasteiger partial charge in [-0.15, -0.1) is 6.58 Å². The molecule has 2 N–H and O–H groups in total. The normalized spacial score (nSPS) is 11.5. The van der Waals surface area contributed by atoms with Crippen LogP contribution in [0.25, 0.3) is 6.08 Å². The fourth-order valence-corrected chi connectivity index (χ4v) is 2.57. The van der Waals surface area contributed by atoms with Crippen LogP contribution in [0.3, 0.4) is 0 Å². The van der Waals surface area contributed by atoms with Crippen molar-refractivity contribution in [3.63, 3.8) is 0 Å². The molecule has 2 aromatic carbocycles. The Bertz CT molecular complexity index is 845. The molecule has 0 unspecified atom stereocenters. The van der Waals surface area contributed by atoms with Gasteiger partial charge in [-0.3, -0.25) is 4.79 Å². The van der Waals surface area contributed by atoms with E-state index in [4.69, 9.17) is 4.74 Å². The molecule has 0 radical (unpaired) electrons. The van der Waals surface area contributed by atoms with Crippen LogP contribution in [0, 0.1) is 0 Å². The van der Waals surface area contributed by atoms with Crippen molar-refractivity contribution < 1.29 is 19.7 Å². The van der Waals surface area contributed by atoms with Crippen molar-refractivity contribution in [2.75, 3.05) is 6.61 Å². The summed E-state index contributed by atoms with van der Waals surface area (Å²) in [6, 6.07) is 9.49. The van der Waals surface area contributed by atoms with Gasteiger partial charge in [0.2, 0.25) is 0 Å². The summed E-state index contributed by atoms with van der Waals surface area (Å²) in [5.74, 6) is 0.579. The molecule has 27 heavy (non-hydrogen) atoms. The number of phenols is 2. The number of benzene rings is 2. The van der Waals surface area contributed by atoms with E-state index in [9.17, 15) is 15.0 Å². The van der Waals surface area contributed by atoms with Crippen LogP contribution in [0.15, 0.2) is 55.1 Å². The third-order valence-electron chi connectivity index (χ3n) is 4.36. The summed E-state index contributed by atoms with van der Waals surface area (Å²) in [5.41, 5.74) is 1.46. The molecule has 0 aromatic heterocycles. The molecule has 2 rings (SSSR count). The first-order chi connectivity index (χ1) is 12.8. The number of carbonyl (C=O) groups excluding carboxylic acids is 1. The van der Waals surface area contributed by atoms with Crippen LogP contribution in [0.1, 0.15) is 48.7 Å². The summed E-state index contributed by atoms with van der Waals surface area (Å²) in [6.07, 6.45) is 5.74. The Morgan fingerprint density at radius 2 is 1.85 bits per heavy atom. The van der Waals surface area contributed by atoms with Crippen molar-refractivity contribution in [3.8, 4) is 17.2 Å². The van der Waals surface area contributed by atoms with Gasteiger partial charge in [-0.1, -0.05) is 26.8 Å². The number of allylic oxidation sites excluding steroid dienone is 2. The Morgan fingerprint density at radius 3 is 2.44 bits per heavy atom. The van der Waals surface area contributed by atoms with Crippen molar-refractivity contribution >= 4 is 11.9 Å². The van der Waals surface area contributed by atoms with Gasteiger partial charge in [0, 0.05) is 28.2 Å². The highest BCUT2D eigenvalue weighted by molar-refractivity contribution is 6.07. The third-order valence-corrected chi connectivity index (χ3v) is 4.36. The molecule has 142 valence electrons. The highest BCUT2D eigenvalue weighted by Crippen LogP contribution is 2.37. The van der Waals surface area contributed by atoms with Gasteiger partial charge in [-0.2, -0.15) is 0 Å². The number of phenolic OH excluding ortho intramolecular Hbond substituents is 2. The topological polar surface area (TPSA) is 66.8 Å². The monoisotopic (exact) mass is 366 g/mol. The maximum atomic E-state index is 12.4. The van der Waals surface area contributed by atoms with Crippen molar-refractivity contribution in [2.45, 2.75) is 32.6 Å². The third kappa shape index (κ3) is 5.00. The zero-order chi connectivity index (χ0) is 20.0. The number of carbonyl (C=O) groups is 1. The van der Waals surface area contributed by atoms with Crippen LogP contribution < -0.4 is 4.74 Å². The molecule has 0 amide bonds. The Labute approximate surface area is 160 Å². The number of rotatable bonds is 8. The van der Waals surface area contributed by atoms with Crippen molar-refractivity contribution in [1.82, 2.24) is 0 Å². The van der Waals surface area contributed by atoms with Crippen LogP contribution in [0.4, 0.5) is 0 Å². The fraction of sp³-hybridized carbons (Fsp3) is 0.261. The SMILES string of the molecule is C=CC(C)(C)c1cc(C=CC(=O)c2ccc(O)cc2)c(OCCC)cc1O. The number of hydrogen-bond acceptors (Lipinski definition) is 4. The molecule has 4 heteroatoms. The summed E-state index contributed by atoms with van der Waals surface area (Å²) < 4.78 is 5.74. The zero-order valence-corrected chi connectivity index (χ0v) is 16.0. The maximum Gasteiger partial charge on any atom is 0.185 e. The molecule has 2 aromatic rings. The van der Waals surface area contributed by atoms with E-state index in [1.807, 2.05) is 26.8 Å². The molecule has 0 heterocycles. The van der Waals surface area contributed by atoms with Gasteiger partial charge in [0.1, 0.15) is 17.2 Å². The van der Waals surface area contributed by atoms with Crippen LogP contribution in [0.5, 0.6) is 17.2 Å². The first-order valence-corrected chi connectivity index (χ1v) is 8.93. The minimum absolute atomic E-state index is 0.112. The molecule has 0 saturated heterocycles. The lowest BCUT2D eigenvalue weighted by atomic mass is 9.83. The molecule has 0 spiro atoms. The molecule has 0 aliphatic carbocycles. The molecule has 4 nitrogen and oxygen atoms in total. The van der Waals surface area contributed by atoms with Crippen LogP contribution >= 0.6 is 0 Å². The summed E-state index contributed by atoms with van der Waals surface area (Å²) in [4.78, 5) is 12.4. The lowest BCUT2D eigenvalue weighted by Crippen LogP contribution is -2.13. The number of ketones is 1. The van der Waals surface area contributed by atoms with Gasteiger partial charge >= 0.3 is 0 Å². The van der Waals surface area contributed by atoms with Gasteiger partial charge in [-0.25, -0.2) is 0 Å². The molecular weight excluding hydrogens is 340 g/mol. The molecular formula is C23H26O4. The first kappa shape index (κ1) is 20.3. The highest BCUT2D eigenvalue weighted by Gasteiger charge is 2.22. The molecule has 0 fully saturated rings. The fourth-order valence-electron chi connectivity index (χ4n) is 2.57. The van der Waals surface area contributed by atoms with Crippen LogP contribution in [-0.2, 0) is 5.41 Å². The van der Waals surface area contributed by atoms with E-state index in [1.165, 1.54) is 18.2 Å². The minimum atomic E-state index is -0.434. The summed E-state index contributed by atoms with van der Waals surface area (Å²) in [6.45, 7) is 10.3. The van der Waals surface area contributed by atoms with Crippen molar-refractivity contribution in [3.05, 3.63) is 71.8 Å². The second kappa shape index (κ2) is 8.58. The quantitative estimate of drug-likeness (QED) is 0.381. The number of hydrogen-bond donors (Lipinski definition) is 2. The summed E-state index contributed by atoms with van der Waals surface area (Å²) in [5, 5.41) is 19.8. The molecule has 0 aliphatic rings. The maximum absolute atomic E-state index is 12.4.